The Kier molecular flexibility index (Phi) is 4.55. The standard InChI is InChI=1S/C15H13Cl2N5O2/c1-8(2)22-6-5-12(21-22)14-19-20-15(24-14)18-13(23)10-7-9(16)3-4-11(10)17/h3-8H,1-2H3,(H,18,20,23). The molecule has 0 bridgehead atoms. The zero-order valence-corrected chi connectivity index (χ0v) is 14.3. The van der Waals surface area contributed by atoms with Crippen molar-refractivity contribution in [2.24, 2.45) is 0 Å². The van der Waals surface area contributed by atoms with Crippen LogP contribution in [0.2, 0.25) is 10.0 Å². The number of anilines is 1. The molecule has 0 radical (unpaired) electrons. The van der Waals surface area contributed by atoms with E-state index in [0.29, 0.717) is 10.7 Å². The molecule has 2 aromatic heterocycles. The van der Waals surface area contributed by atoms with Gasteiger partial charge < -0.3 is 4.42 Å². The number of hydrogen-bond donors (Lipinski definition) is 1. The van der Waals surface area contributed by atoms with E-state index in [2.05, 4.69) is 20.6 Å². The summed E-state index contributed by atoms with van der Waals surface area (Å²) in [6.07, 6.45) is 1.81. The molecule has 0 aliphatic rings. The van der Waals surface area contributed by atoms with Gasteiger partial charge in [-0.3, -0.25) is 14.8 Å². The molecule has 7 nitrogen and oxygen atoms in total. The SMILES string of the molecule is CC(C)n1ccc(-c2nnc(NC(=O)c3cc(Cl)ccc3Cl)o2)n1. The number of amides is 1. The van der Waals surface area contributed by atoms with Crippen LogP contribution in [0.4, 0.5) is 6.01 Å². The molecule has 1 N–H and O–H groups in total. The maximum atomic E-state index is 12.2. The van der Waals surface area contributed by atoms with Crippen molar-refractivity contribution in [2.75, 3.05) is 5.32 Å². The molecule has 0 unspecified atom stereocenters. The molecular weight excluding hydrogens is 353 g/mol. The van der Waals surface area contributed by atoms with E-state index >= 15 is 0 Å². The van der Waals surface area contributed by atoms with Crippen molar-refractivity contribution in [1.29, 1.82) is 0 Å². The number of nitrogens with one attached hydrogen (secondary N) is 1. The van der Waals surface area contributed by atoms with Crippen LogP contribution in [-0.2, 0) is 0 Å². The number of benzene rings is 1. The lowest BCUT2D eigenvalue weighted by Crippen LogP contribution is -2.12. The van der Waals surface area contributed by atoms with Gasteiger partial charge in [0.05, 0.1) is 10.6 Å². The third-order valence-electron chi connectivity index (χ3n) is 3.18. The fourth-order valence-corrected chi connectivity index (χ4v) is 2.33. The minimum absolute atomic E-state index is 0.0508. The Morgan fingerprint density at radius 1 is 1.25 bits per heavy atom. The highest BCUT2D eigenvalue weighted by atomic mass is 35.5. The summed E-state index contributed by atoms with van der Waals surface area (Å²) in [5.74, 6) is -0.285. The van der Waals surface area contributed by atoms with Crippen LogP contribution < -0.4 is 5.32 Å². The number of carbonyl (C=O) groups excluding carboxylic acids is 1. The number of aromatic nitrogens is 4. The molecule has 124 valence electrons. The van der Waals surface area contributed by atoms with Gasteiger partial charge in [-0.25, -0.2) is 0 Å². The van der Waals surface area contributed by atoms with Gasteiger partial charge in [0.2, 0.25) is 0 Å². The zero-order chi connectivity index (χ0) is 17.3. The highest BCUT2D eigenvalue weighted by Crippen LogP contribution is 2.23. The van der Waals surface area contributed by atoms with E-state index in [1.54, 1.807) is 16.8 Å². The van der Waals surface area contributed by atoms with Crippen LogP contribution in [-0.4, -0.2) is 25.9 Å². The fourth-order valence-electron chi connectivity index (χ4n) is 1.95. The summed E-state index contributed by atoms with van der Waals surface area (Å²) in [5.41, 5.74) is 0.741. The zero-order valence-electron chi connectivity index (χ0n) is 12.8. The van der Waals surface area contributed by atoms with Crippen molar-refractivity contribution in [3.05, 3.63) is 46.1 Å². The molecule has 0 saturated heterocycles. The summed E-state index contributed by atoms with van der Waals surface area (Å²) in [6, 6.07) is 6.51. The largest absolute Gasteiger partial charge is 0.401 e. The molecule has 1 aromatic carbocycles. The van der Waals surface area contributed by atoms with E-state index < -0.39 is 5.91 Å². The van der Waals surface area contributed by atoms with Gasteiger partial charge in [-0.15, -0.1) is 5.10 Å². The van der Waals surface area contributed by atoms with Crippen LogP contribution >= 0.6 is 23.2 Å². The molecule has 2 heterocycles. The number of hydrogen-bond acceptors (Lipinski definition) is 5. The van der Waals surface area contributed by atoms with Gasteiger partial charge in [0, 0.05) is 17.3 Å². The van der Waals surface area contributed by atoms with Gasteiger partial charge in [-0.05, 0) is 38.1 Å². The first-order valence-corrected chi connectivity index (χ1v) is 7.85. The number of carbonyl (C=O) groups is 1. The second-order valence-corrected chi connectivity index (χ2v) is 6.11. The molecule has 3 aromatic rings. The van der Waals surface area contributed by atoms with Crippen molar-refractivity contribution in [2.45, 2.75) is 19.9 Å². The molecule has 0 saturated carbocycles. The van der Waals surface area contributed by atoms with Crippen molar-refractivity contribution < 1.29 is 9.21 Å². The Labute approximate surface area is 147 Å². The average Bonchev–Trinajstić information content (AvgIpc) is 3.18. The highest BCUT2D eigenvalue weighted by Gasteiger charge is 2.17. The van der Waals surface area contributed by atoms with E-state index in [1.165, 1.54) is 12.1 Å². The van der Waals surface area contributed by atoms with Crippen molar-refractivity contribution in [3.63, 3.8) is 0 Å². The molecule has 0 aliphatic carbocycles. The first-order chi connectivity index (χ1) is 11.4. The van der Waals surface area contributed by atoms with Crippen LogP contribution in [0.15, 0.2) is 34.9 Å². The van der Waals surface area contributed by atoms with Gasteiger partial charge in [0.15, 0.2) is 0 Å². The summed E-state index contributed by atoms with van der Waals surface area (Å²) in [4.78, 5) is 12.2. The first-order valence-electron chi connectivity index (χ1n) is 7.09. The number of nitrogens with zero attached hydrogens (tertiary/aromatic N) is 4. The molecule has 0 atom stereocenters. The Hall–Kier alpha value is -2.38. The van der Waals surface area contributed by atoms with Gasteiger partial charge in [-0.1, -0.05) is 28.3 Å². The van der Waals surface area contributed by atoms with Crippen LogP contribution in [0.1, 0.15) is 30.2 Å². The van der Waals surface area contributed by atoms with Gasteiger partial charge in [0.25, 0.3) is 11.8 Å². The minimum Gasteiger partial charge on any atom is -0.401 e. The third kappa shape index (κ3) is 3.42. The summed E-state index contributed by atoms with van der Waals surface area (Å²) in [6.45, 7) is 4.01. The van der Waals surface area contributed by atoms with Crippen LogP contribution in [0, 0.1) is 0 Å². The van der Waals surface area contributed by atoms with E-state index in [-0.39, 0.29) is 28.5 Å². The summed E-state index contributed by atoms with van der Waals surface area (Å²) in [5, 5.41) is 15.2. The molecule has 1 amide bonds. The lowest BCUT2D eigenvalue weighted by atomic mass is 10.2. The topological polar surface area (TPSA) is 85.8 Å². The maximum Gasteiger partial charge on any atom is 0.322 e. The van der Waals surface area contributed by atoms with E-state index in [0.717, 1.165) is 0 Å². The molecule has 3 rings (SSSR count). The summed E-state index contributed by atoms with van der Waals surface area (Å²) in [7, 11) is 0. The Morgan fingerprint density at radius 3 is 2.75 bits per heavy atom. The van der Waals surface area contributed by atoms with E-state index in [4.69, 9.17) is 27.6 Å². The first kappa shape index (κ1) is 16.5. The van der Waals surface area contributed by atoms with Crippen LogP contribution in [0.3, 0.4) is 0 Å². The minimum atomic E-state index is -0.495. The van der Waals surface area contributed by atoms with Crippen molar-refractivity contribution in [3.8, 4) is 11.6 Å². The van der Waals surface area contributed by atoms with Gasteiger partial charge in [-0.2, -0.15) is 5.10 Å². The van der Waals surface area contributed by atoms with E-state index in [1.807, 2.05) is 20.0 Å². The lowest BCUT2D eigenvalue weighted by Gasteiger charge is -2.03. The highest BCUT2D eigenvalue weighted by molar-refractivity contribution is 6.36. The Morgan fingerprint density at radius 2 is 2.04 bits per heavy atom. The predicted octanol–water partition coefficient (Wildman–Crippen LogP) is 4.07. The number of halogens is 2. The Bertz CT molecular complexity index is 888. The smallest absolute Gasteiger partial charge is 0.322 e. The van der Waals surface area contributed by atoms with Crippen molar-refractivity contribution >= 4 is 35.1 Å². The maximum absolute atomic E-state index is 12.2. The summed E-state index contributed by atoms with van der Waals surface area (Å²) < 4.78 is 7.19. The summed E-state index contributed by atoms with van der Waals surface area (Å²) >= 11 is 11.9. The second-order valence-electron chi connectivity index (χ2n) is 5.27. The molecule has 0 fully saturated rings. The predicted molar refractivity (Wildman–Crippen MR) is 90.3 cm³/mol. The average molecular weight is 366 g/mol. The fraction of sp³-hybridized carbons (Fsp3) is 0.200. The number of rotatable bonds is 4. The van der Waals surface area contributed by atoms with Crippen LogP contribution in [0.25, 0.3) is 11.6 Å². The molecule has 0 spiro atoms. The van der Waals surface area contributed by atoms with Crippen LogP contribution in [0.5, 0.6) is 0 Å². The second kappa shape index (κ2) is 6.62. The van der Waals surface area contributed by atoms with Crippen molar-refractivity contribution in [1.82, 2.24) is 20.0 Å². The molecule has 9 heteroatoms. The quantitative estimate of drug-likeness (QED) is 0.752. The van der Waals surface area contributed by atoms with Gasteiger partial charge >= 0.3 is 6.01 Å². The Balaban J connectivity index is 1.78. The molecule has 0 aliphatic heterocycles. The normalized spacial score (nSPS) is 11.0. The molecule has 24 heavy (non-hydrogen) atoms. The molecular formula is C15H13Cl2N5O2. The third-order valence-corrected chi connectivity index (χ3v) is 3.74. The monoisotopic (exact) mass is 365 g/mol. The van der Waals surface area contributed by atoms with E-state index in [9.17, 15) is 4.79 Å². The lowest BCUT2D eigenvalue weighted by molar-refractivity contribution is 0.102. The van der Waals surface area contributed by atoms with Gasteiger partial charge in [0.1, 0.15) is 5.69 Å².